The first-order chi connectivity index (χ1) is 7.30. The maximum Gasteiger partial charge on any atom is 0.122 e. The van der Waals surface area contributed by atoms with Gasteiger partial charge in [-0.15, -0.1) is 6.58 Å². The van der Waals surface area contributed by atoms with Gasteiger partial charge in [-0.2, -0.15) is 0 Å². The van der Waals surface area contributed by atoms with Crippen molar-refractivity contribution in [2.24, 2.45) is 0 Å². The number of ether oxygens (including phenoxy) is 2. The van der Waals surface area contributed by atoms with Crippen LogP contribution in [-0.4, -0.2) is 14.2 Å². The van der Waals surface area contributed by atoms with E-state index in [2.05, 4.69) is 6.58 Å². The highest BCUT2D eigenvalue weighted by molar-refractivity contribution is 5.38. The summed E-state index contributed by atoms with van der Waals surface area (Å²) in [7, 11) is 3.34. The van der Waals surface area contributed by atoms with E-state index >= 15 is 0 Å². The van der Waals surface area contributed by atoms with Crippen LogP contribution in [0.4, 0.5) is 0 Å². The summed E-state index contributed by atoms with van der Waals surface area (Å²) in [5.74, 6) is 1.70. The van der Waals surface area contributed by atoms with Crippen LogP contribution in [0, 0.1) is 0 Å². The molecule has 0 atom stereocenters. The third-order valence-electron chi connectivity index (χ3n) is 2.28. The second-order valence-corrected chi connectivity index (χ2v) is 3.40. The molecule has 0 saturated carbocycles. The average molecular weight is 206 g/mol. The number of rotatable bonds is 6. The first-order valence-electron chi connectivity index (χ1n) is 5.13. The SMILES string of the molecule is C=CCCCc1cc(OC)cc(OC)c1. The second-order valence-electron chi connectivity index (χ2n) is 3.40. The summed E-state index contributed by atoms with van der Waals surface area (Å²) in [6.45, 7) is 3.71. The van der Waals surface area contributed by atoms with Gasteiger partial charge in [-0.05, 0) is 37.0 Å². The summed E-state index contributed by atoms with van der Waals surface area (Å²) >= 11 is 0. The van der Waals surface area contributed by atoms with E-state index in [-0.39, 0.29) is 0 Å². The van der Waals surface area contributed by atoms with Crippen LogP contribution in [0.2, 0.25) is 0 Å². The molecule has 0 aliphatic carbocycles. The number of hydrogen-bond acceptors (Lipinski definition) is 2. The van der Waals surface area contributed by atoms with Gasteiger partial charge in [-0.25, -0.2) is 0 Å². The molecule has 0 unspecified atom stereocenters. The van der Waals surface area contributed by atoms with Crippen molar-refractivity contribution < 1.29 is 9.47 Å². The summed E-state index contributed by atoms with van der Waals surface area (Å²) in [5.41, 5.74) is 1.24. The normalized spacial score (nSPS) is 9.73. The van der Waals surface area contributed by atoms with Crippen molar-refractivity contribution in [2.75, 3.05) is 14.2 Å². The van der Waals surface area contributed by atoms with Crippen molar-refractivity contribution in [1.82, 2.24) is 0 Å². The van der Waals surface area contributed by atoms with E-state index in [0.717, 1.165) is 30.8 Å². The predicted octanol–water partition coefficient (Wildman–Crippen LogP) is 3.21. The van der Waals surface area contributed by atoms with E-state index < -0.39 is 0 Å². The van der Waals surface area contributed by atoms with Crippen LogP contribution >= 0.6 is 0 Å². The molecular formula is C13H18O2. The van der Waals surface area contributed by atoms with Crippen LogP contribution < -0.4 is 9.47 Å². The fraction of sp³-hybridized carbons (Fsp3) is 0.385. The van der Waals surface area contributed by atoms with Gasteiger partial charge in [0.15, 0.2) is 0 Å². The van der Waals surface area contributed by atoms with Crippen molar-refractivity contribution in [3.05, 3.63) is 36.4 Å². The summed E-state index contributed by atoms with van der Waals surface area (Å²) in [4.78, 5) is 0. The number of benzene rings is 1. The molecule has 15 heavy (non-hydrogen) atoms. The van der Waals surface area contributed by atoms with Gasteiger partial charge in [0.2, 0.25) is 0 Å². The number of aryl methyl sites for hydroxylation is 1. The molecule has 0 aliphatic rings. The molecule has 0 fully saturated rings. The lowest BCUT2D eigenvalue weighted by atomic mass is 10.1. The number of hydrogen-bond donors (Lipinski definition) is 0. The topological polar surface area (TPSA) is 18.5 Å². The Morgan fingerprint density at radius 2 is 1.73 bits per heavy atom. The number of allylic oxidation sites excluding steroid dienone is 1. The summed E-state index contributed by atoms with van der Waals surface area (Å²) < 4.78 is 10.4. The van der Waals surface area contributed by atoms with E-state index in [1.807, 2.05) is 24.3 Å². The second kappa shape index (κ2) is 6.12. The lowest BCUT2D eigenvalue weighted by molar-refractivity contribution is 0.393. The highest BCUT2D eigenvalue weighted by atomic mass is 16.5. The first-order valence-corrected chi connectivity index (χ1v) is 5.13. The molecule has 2 heteroatoms. The molecule has 0 saturated heterocycles. The number of methoxy groups -OCH3 is 2. The lowest BCUT2D eigenvalue weighted by Crippen LogP contribution is -1.91. The minimum Gasteiger partial charge on any atom is -0.497 e. The third-order valence-corrected chi connectivity index (χ3v) is 2.28. The maximum atomic E-state index is 5.20. The molecule has 2 nitrogen and oxygen atoms in total. The first kappa shape index (κ1) is 11.6. The van der Waals surface area contributed by atoms with Gasteiger partial charge in [0, 0.05) is 6.07 Å². The molecule has 0 heterocycles. The quantitative estimate of drug-likeness (QED) is 0.525. The van der Waals surface area contributed by atoms with E-state index in [9.17, 15) is 0 Å². The predicted molar refractivity (Wildman–Crippen MR) is 62.7 cm³/mol. The van der Waals surface area contributed by atoms with E-state index in [1.165, 1.54) is 5.56 Å². The molecule has 0 amide bonds. The van der Waals surface area contributed by atoms with Crippen molar-refractivity contribution in [3.8, 4) is 11.5 Å². The molecular weight excluding hydrogens is 188 g/mol. The minimum atomic E-state index is 0.850. The van der Waals surface area contributed by atoms with Gasteiger partial charge in [0.1, 0.15) is 11.5 Å². The molecule has 1 rings (SSSR count). The fourth-order valence-corrected chi connectivity index (χ4v) is 1.46. The molecule has 0 aliphatic heterocycles. The monoisotopic (exact) mass is 206 g/mol. The standard InChI is InChI=1S/C13H18O2/c1-4-5-6-7-11-8-12(14-2)10-13(9-11)15-3/h4,8-10H,1,5-7H2,2-3H3. The van der Waals surface area contributed by atoms with Crippen LogP contribution in [0.3, 0.4) is 0 Å². The number of unbranched alkanes of at least 4 members (excludes halogenated alkanes) is 1. The smallest absolute Gasteiger partial charge is 0.122 e. The van der Waals surface area contributed by atoms with Crippen molar-refractivity contribution in [1.29, 1.82) is 0 Å². The molecule has 82 valence electrons. The van der Waals surface area contributed by atoms with E-state index in [4.69, 9.17) is 9.47 Å². The van der Waals surface area contributed by atoms with E-state index in [1.54, 1.807) is 14.2 Å². The molecule has 1 aromatic rings. The fourth-order valence-electron chi connectivity index (χ4n) is 1.46. The molecule has 0 N–H and O–H groups in total. The molecule has 0 spiro atoms. The Hall–Kier alpha value is -1.44. The Balaban J connectivity index is 2.72. The Kier molecular flexibility index (Phi) is 4.75. The minimum absolute atomic E-state index is 0.850. The highest BCUT2D eigenvalue weighted by Gasteiger charge is 2.01. The zero-order chi connectivity index (χ0) is 11.1. The maximum absolute atomic E-state index is 5.20. The van der Waals surface area contributed by atoms with Crippen molar-refractivity contribution in [2.45, 2.75) is 19.3 Å². The van der Waals surface area contributed by atoms with Crippen molar-refractivity contribution >= 4 is 0 Å². The third kappa shape index (κ3) is 3.66. The van der Waals surface area contributed by atoms with Gasteiger partial charge in [0.25, 0.3) is 0 Å². The lowest BCUT2D eigenvalue weighted by Gasteiger charge is -2.07. The van der Waals surface area contributed by atoms with Gasteiger partial charge >= 0.3 is 0 Å². The van der Waals surface area contributed by atoms with Crippen LogP contribution in [-0.2, 0) is 6.42 Å². The summed E-state index contributed by atoms with van der Waals surface area (Å²) in [6, 6.07) is 5.98. The summed E-state index contributed by atoms with van der Waals surface area (Å²) in [6.07, 6.45) is 5.12. The Bertz CT molecular complexity index is 296. The Morgan fingerprint density at radius 3 is 2.20 bits per heavy atom. The Labute approximate surface area is 91.5 Å². The van der Waals surface area contributed by atoms with E-state index in [0.29, 0.717) is 0 Å². The zero-order valence-corrected chi connectivity index (χ0v) is 9.45. The zero-order valence-electron chi connectivity index (χ0n) is 9.45. The molecule has 1 aromatic carbocycles. The molecule has 0 aromatic heterocycles. The van der Waals surface area contributed by atoms with Gasteiger partial charge in [0.05, 0.1) is 14.2 Å². The largest absolute Gasteiger partial charge is 0.497 e. The van der Waals surface area contributed by atoms with Gasteiger partial charge in [-0.1, -0.05) is 6.08 Å². The Morgan fingerprint density at radius 1 is 1.13 bits per heavy atom. The highest BCUT2D eigenvalue weighted by Crippen LogP contribution is 2.23. The van der Waals surface area contributed by atoms with Gasteiger partial charge < -0.3 is 9.47 Å². The van der Waals surface area contributed by atoms with Crippen molar-refractivity contribution in [3.63, 3.8) is 0 Å². The van der Waals surface area contributed by atoms with Crippen LogP contribution in [0.15, 0.2) is 30.9 Å². The van der Waals surface area contributed by atoms with Gasteiger partial charge in [-0.3, -0.25) is 0 Å². The van der Waals surface area contributed by atoms with Crippen LogP contribution in [0.25, 0.3) is 0 Å². The summed E-state index contributed by atoms with van der Waals surface area (Å²) in [5, 5.41) is 0. The van der Waals surface area contributed by atoms with Crippen LogP contribution in [0.1, 0.15) is 18.4 Å². The molecule has 0 radical (unpaired) electrons. The average Bonchev–Trinajstić information content (AvgIpc) is 2.29. The van der Waals surface area contributed by atoms with Crippen LogP contribution in [0.5, 0.6) is 11.5 Å². The molecule has 0 bridgehead atoms.